The van der Waals surface area contributed by atoms with Crippen LogP contribution in [0.2, 0.25) is 0 Å². The maximum absolute atomic E-state index is 11.2. The van der Waals surface area contributed by atoms with Crippen LogP contribution in [0, 0.1) is 6.92 Å². The van der Waals surface area contributed by atoms with E-state index in [-0.39, 0.29) is 5.56 Å². The molecule has 1 aromatic carbocycles. The fraction of sp³-hybridized carbons (Fsp3) is 0.143. The summed E-state index contributed by atoms with van der Waals surface area (Å²) >= 11 is 1.51. The summed E-state index contributed by atoms with van der Waals surface area (Å²) in [5, 5.41) is 9.77. The molecule has 1 N–H and O–H groups in total. The maximum atomic E-state index is 11.2. The highest BCUT2D eigenvalue weighted by molar-refractivity contribution is 7.09. The highest BCUT2D eigenvalue weighted by Gasteiger charge is 2.17. The van der Waals surface area contributed by atoms with Gasteiger partial charge in [-0.15, -0.1) is 11.3 Å². The Morgan fingerprint density at radius 1 is 1.50 bits per heavy atom. The first-order valence-electron chi connectivity index (χ1n) is 5.92. The molecule has 2 heterocycles. The van der Waals surface area contributed by atoms with Gasteiger partial charge in [0.25, 0.3) is 0 Å². The quantitative estimate of drug-likeness (QED) is 0.796. The van der Waals surface area contributed by atoms with Crippen molar-refractivity contribution in [2.45, 2.75) is 13.5 Å². The lowest BCUT2D eigenvalue weighted by Gasteiger charge is -2.04. The number of fused-ring (bicyclic) bond motifs is 1. The minimum absolute atomic E-state index is 0.184. The second kappa shape index (κ2) is 4.97. The van der Waals surface area contributed by atoms with Crippen molar-refractivity contribution < 1.29 is 19.1 Å². The molecular formula is C14H11NO4S. The molecule has 0 radical (unpaired) electrons. The summed E-state index contributed by atoms with van der Waals surface area (Å²) in [4.78, 5) is 16.2. The third kappa shape index (κ3) is 2.25. The van der Waals surface area contributed by atoms with E-state index in [1.54, 1.807) is 36.8 Å². The Kier molecular flexibility index (Phi) is 3.15. The average molecular weight is 289 g/mol. The molecule has 3 aromatic rings. The second-order valence-corrected chi connectivity index (χ2v) is 5.22. The second-order valence-electron chi connectivity index (χ2n) is 4.25. The number of ether oxygens (including phenoxy) is 1. The Balaban J connectivity index is 1.93. The van der Waals surface area contributed by atoms with Crippen molar-refractivity contribution in [3.8, 4) is 5.75 Å². The fourth-order valence-corrected chi connectivity index (χ4v) is 2.53. The number of hydrogen-bond acceptors (Lipinski definition) is 5. The predicted octanol–water partition coefficient (Wildman–Crippen LogP) is 3.47. The van der Waals surface area contributed by atoms with Crippen LogP contribution in [0.5, 0.6) is 5.75 Å². The van der Waals surface area contributed by atoms with Crippen LogP contribution in [0.25, 0.3) is 11.0 Å². The number of furan rings is 1. The molecule has 0 saturated carbocycles. The SMILES string of the molecule is Cc1oc2ccc(OCc3cncs3)cc2c1C(=O)O. The van der Waals surface area contributed by atoms with Crippen molar-refractivity contribution in [2.75, 3.05) is 0 Å². The van der Waals surface area contributed by atoms with Crippen molar-refractivity contribution in [2.24, 2.45) is 0 Å². The molecule has 0 aliphatic heterocycles. The Morgan fingerprint density at radius 2 is 2.35 bits per heavy atom. The van der Waals surface area contributed by atoms with Gasteiger partial charge in [-0.05, 0) is 25.1 Å². The van der Waals surface area contributed by atoms with Crippen LogP contribution >= 0.6 is 11.3 Å². The van der Waals surface area contributed by atoms with E-state index in [2.05, 4.69) is 4.98 Å². The van der Waals surface area contributed by atoms with Gasteiger partial charge < -0.3 is 14.3 Å². The molecule has 0 bridgehead atoms. The molecule has 0 fully saturated rings. The normalized spacial score (nSPS) is 10.8. The lowest BCUT2D eigenvalue weighted by Crippen LogP contribution is -1.97. The van der Waals surface area contributed by atoms with Gasteiger partial charge in [0, 0.05) is 11.6 Å². The van der Waals surface area contributed by atoms with Crippen LogP contribution in [0.4, 0.5) is 0 Å². The zero-order valence-electron chi connectivity index (χ0n) is 10.6. The minimum atomic E-state index is -0.999. The number of benzene rings is 1. The number of nitrogens with zero attached hydrogens (tertiary/aromatic N) is 1. The third-order valence-corrected chi connectivity index (χ3v) is 3.67. The van der Waals surface area contributed by atoms with Gasteiger partial charge in [0.05, 0.1) is 10.4 Å². The van der Waals surface area contributed by atoms with Crippen LogP contribution in [0.3, 0.4) is 0 Å². The van der Waals surface area contributed by atoms with Gasteiger partial charge in [-0.25, -0.2) is 4.79 Å². The summed E-state index contributed by atoms with van der Waals surface area (Å²) in [5.41, 5.74) is 2.47. The molecule has 20 heavy (non-hydrogen) atoms. The largest absolute Gasteiger partial charge is 0.488 e. The van der Waals surface area contributed by atoms with E-state index in [0.29, 0.717) is 29.1 Å². The van der Waals surface area contributed by atoms with Gasteiger partial charge in [0.1, 0.15) is 29.3 Å². The number of aromatic nitrogens is 1. The number of rotatable bonds is 4. The van der Waals surface area contributed by atoms with Crippen LogP contribution < -0.4 is 4.74 Å². The molecule has 0 unspecified atom stereocenters. The van der Waals surface area contributed by atoms with Crippen LogP contribution in [-0.2, 0) is 6.61 Å². The van der Waals surface area contributed by atoms with Gasteiger partial charge in [0.15, 0.2) is 0 Å². The zero-order chi connectivity index (χ0) is 14.1. The smallest absolute Gasteiger partial charge is 0.339 e. The lowest BCUT2D eigenvalue weighted by molar-refractivity contribution is 0.0697. The van der Waals surface area contributed by atoms with E-state index >= 15 is 0 Å². The van der Waals surface area contributed by atoms with E-state index < -0.39 is 5.97 Å². The Bertz CT molecular complexity index is 761. The predicted molar refractivity (Wildman–Crippen MR) is 74.4 cm³/mol. The monoisotopic (exact) mass is 289 g/mol. The van der Waals surface area contributed by atoms with Crippen LogP contribution in [-0.4, -0.2) is 16.1 Å². The number of thiazole rings is 1. The Hall–Kier alpha value is -2.34. The van der Waals surface area contributed by atoms with Crippen molar-refractivity contribution in [3.63, 3.8) is 0 Å². The van der Waals surface area contributed by atoms with Crippen LogP contribution in [0.15, 0.2) is 34.3 Å². The van der Waals surface area contributed by atoms with Crippen molar-refractivity contribution >= 4 is 28.3 Å². The molecule has 0 atom stereocenters. The topological polar surface area (TPSA) is 72.6 Å². The first-order valence-corrected chi connectivity index (χ1v) is 6.79. The summed E-state index contributed by atoms with van der Waals surface area (Å²) in [6.07, 6.45) is 1.74. The van der Waals surface area contributed by atoms with E-state index in [0.717, 1.165) is 4.88 Å². The molecule has 0 aliphatic carbocycles. The molecule has 5 nitrogen and oxygen atoms in total. The highest BCUT2D eigenvalue weighted by atomic mass is 32.1. The number of aromatic carboxylic acids is 1. The van der Waals surface area contributed by atoms with Gasteiger partial charge in [0.2, 0.25) is 0 Å². The number of carboxylic acids is 1. The lowest BCUT2D eigenvalue weighted by atomic mass is 10.1. The average Bonchev–Trinajstić information content (AvgIpc) is 3.01. The molecule has 0 aliphatic rings. The maximum Gasteiger partial charge on any atom is 0.339 e. The fourth-order valence-electron chi connectivity index (χ4n) is 2.02. The number of carboxylic acid groups (broad SMARTS) is 1. The number of hydrogen-bond donors (Lipinski definition) is 1. The van der Waals surface area contributed by atoms with Crippen molar-refractivity contribution in [1.29, 1.82) is 0 Å². The zero-order valence-corrected chi connectivity index (χ0v) is 11.4. The molecule has 3 rings (SSSR count). The summed E-state index contributed by atoms with van der Waals surface area (Å²) in [5.74, 6) is 0.00200. The summed E-state index contributed by atoms with van der Waals surface area (Å²) in [6, 6.07) is 5.17. The molecule has 0 spiro atoms. The van der Waals surface area contributed by atoms with Crippen LogP contribution in [0.1, 0.15) is 21.0 Å². The highest BCUT2D eigenvalue weighted by Crippen LogP contribution is 2.29. The van der Waals surface area contributed by atoms with Gasteiger partial charge in [-0.2, -0.15) is 0 Å². The van der Waals surface area contributed by atoms with E-state index in [4.69, 9.17) is 9.15 Å². The van der Waals surface area contributed by atoms with E-state index in [1.807, 2.05) is 0 Å². The number of aryl methyl sites for hydroxylation is 1. The summed E-state index contributed by atoms with van der Waals surface area (Å²) < 4.78 is 11.1. The molecule has 102 valence electrons. The van der Waals surface area contributed by atoms with Crippen molar-refractivity contribution in [1.82, 2.24) is 4.98 Å². The standard InChI is InChI=1S/C14H11NO4S/c1-8-13(14(16)17)11-4-9(2-3-12(11)19-8)18-6-10-5-15-7-20-10/h2-5,7H,6H2,1H3,(H,16,17). The number of carbonyl (C=O) groups is 1. The Morgan fingerprint density at radius 3 is 3.05 bits per heavy atom. The first-order chi connectivity index (χ1) is 9.65. The van der Waals surface area contributed by atoms with E-state index in [9.17, 15) is 9.90 Å². The van der Waals surface area contributed by atoms with Gasteiger partial charge in [-0.1, -0.05) is 0 Å². The molecule has 0 amide bonds. The molecule has 0 saturated heterocycles. The van der Waals surface area contributed by atoms with Crippen molar-refractivity contribution in [3.05, 3.63) is 46.1 Å². The summed E-state index contributed by atoms with van der Waals surface area (Å²) in [6.45, 7) is 2.05. The minimum Gasteiger partial charge on any atom is -0.488 e. The Labute approximate surface area is 118 Å². The molecule has 2 aromatic heterocycles. The van der Waals surface area contributed by atoms with Gasteiger partial charge >= 0.3 is 5.97 Å². The molecular weight excluding hydrogens is 278 g/mol. The third-order valence-electron chi connectivity index (χ3n) is 2.91. The first kappa shape index (κ1) is 12.7. The van der Waals surface area contributed by atoms with E-state index in [1.165, 1.54) is 11.3 Å². The summed E-state index contributed by atoms with van der Waals surface area (Å²) in [7, 11) is 0. The van der Waals surface area contributed by atoms with Gasteiger partial charge in [-0.3, -0.25) is 4.98 Å². The molecule has 6 heteroatoms.